The second-order valence-corrected chi connectivity index (χ2v) is 3.50. The number of epoxide rings is 1. The van der Waals surface area contributed by atoms with Crippen molar-refractivity contribution in [1.29, 1.82) is 0 Å². The molecule has 4 heteroatoms. The number of ether oxygens (including phenoxy) is 1. The monoisotopic (exact) mass is 222 g/mol. The Morgan fingerprint density at radius 1 is 1.82 bits per heavy atom. The van der Waals surface area contributed by atoms with E-state index in [1.165, 1.54) is 0 Å². The molecule has 0 amide bonds. The summed E-state index contributed by atoms with van der Waals surface area (Å²) >= 11 is 3.29. The summed E-state index contributed by atoms with van der Waals surface area (Å²) in [4.78, 5) is 10.3. The maximum Gasteiger partial charge on any atom is 0.303 e. The van der Waals surface area contributed by atoms with Gasteiger partial charge in [-0.05, 0) is 12.3 Å². The van der Waals surface area contributed by atoms with Gasteiger partial charge in [0.1, 0.15) is 0 Å². The summed E-state index contributed by atoms with van der Waals surface area (Å²) in [6.45, 7) is 0.741. The van der Waals surface area contributed by atoms with E-state index in [1.807, 2.05) is 0 Å². The third-order valence-electron chi connectivity index (χ3n) is 1.80. The minimum atomic E-state index is -0.730. The Balaban J connectivity index is 2.26. The van der Waals surface area contributed by atoms with Crippen LogP contribution in [0.25, 0.3) is 0 Å². The largest absolute Gasteiger partial charge is 0.481 e. The summed E-state index contributed by atoms with van der Waals surface area (Å²) < 4.78 is 5.04. The number of aliphatic carboxylic acids is 1. The highest BCUT2D eigenvalue weighted by molar-refractivity contribution is 9.09. The van der Waals surface area contributed by atoms with Crippen molar-refractivity contribution < 1.29 is 14.6 Å². The van der Waals surface area contributed by atoms with E-state index >= 15 is 0 Å². The van der Waals surface area contributed by atoms with Gasteiger partial charge in [0.2, 0.25) is 0 Å². The zero-order chi connectivity index (χ0) is 8.27. The highest BCUT2D eigenvalue weighted by atomic mass is 79.9. The van der Waals surface area contributed by atoms with Crippen molar-refractivity contribution in [3.8, 4) is 0 Å². The molecule has 3 nitrogen and oxygen atoms in total. The van der Waals surface area contributed by atoms with Crippen LogP contribution in [0, 0.1) is 5.92 Å². The lowest BCUT2D eigenvalue weighted by Crippen LogP contribution is -2.14. The first-order chi connectivity index (χ1) is 5.24. The molecule has 2 unspecified atom stereocenters. The molecule has 1 aliphatic heterocycles. The molecule has 1 saturated heterocycles. The van der Waals surface area contributed by atoms with Crippen molar-refractivity contribution >= 4 is 21.9 Å². The summed E-state index contributed by atoms with van der Waals surface area (Å²) in [5.41, 5.74) is 0. The molecule has 1 rings (SSSR count). The van der Waals surface area contributed by atoms with Gasteiger partial charge >= 0.3 is 5.97 Å². The van der Waals surface area contributed by atoms with E-state index in [1.54, 1.807) is 0 Å². The quantitative estimate of drug-likeness (QED) is 0.563. The molecule has 0 aromatic rings. The summed E-state index contributed by atoms with van der Waals surface area (Å²) in [6, 6.07) is 0. The van der Waals surface area contributed by atoms with Crippen molar-refractivity contribution in [3.63, 3.8) is 0 Å². The van der Waals surface area contributed by atoms with Gasteiger partial charge in [0.05, 0.1) is 19.1 Å². The molecule has 0 aromatic carbocycles. The van der Waals surface area contributed by atoms with Crippen LogP contribution in [0.1, 0.15) is 12.8 Å². The predicted octanol–water partition coefficient (Wildman–Crippen LogP) is 1.26. The Hall–Kier alpha value is -0.0900. The fourth-order valence-electron chi connectivity index (χ4n) is 1.11. The summed E-state index contributed by atoms with van der Waals surface area (Å²) in [5.74, 6) is -0.529. The zero-order valence-electron chi connectivity index (χ0n) is 6.12. The van der Waals surface area contributed by atoms with E-state index in [2.05, 4.69) is 15.9 Å². The third kappa shape index (κ3) is 3.20. The fourth-order valence-corrected chi connectivity index (χ4v) is 1.70. The van der Waals surface area contributed by atoms with E-state index in [4.69, 9.17) is 9.84 Å². The van der Waals surface area contributed by atoms with Gasteiger partial charge in [-0.25, -0.2) is 0 Å². The standard InChI is InChI=1S/C7H11BrO3/c8-2-1-5(3-7(9)10)6-4-11-6/h5-6H,1-4H2,(H,9,10). The molecule has 0 radical (unpaired) electrons. The molecule has 0 spiro atoms. The highest BCUT2D eigenvalue weighted by Gasteiger charge is 2.33. The molecular weight excluding hydrogens is 212 g/mol. The lowest BCUT2D eigenvalue weighted by Gasteiger charge is -2.08. The third-order valence-corrected chi connectivity index (χ3v) is 2.26. The van der Waals surface area contributed by atoms with Gasteiger partial charge in [0, 0.05) is 5.33 Å². The minimum Gasteiger partial charge on any atom is -0.481 e. The number of carbonyl (C=O) groups is 1. The van der Waals surface area contributed by atoms with Crippen LogP contribution >= 0.6 is 15.9 Å². The van der Waals surface area contributed by atoms with Crippen LogP contribution in [-0.4, -0.2) is 29.1 Å². The molecule has 1 N–H and O–H groups in total. The topological polar surface area (TPSA) is 49.8 Å². The Morgan fingerprint density at radius 3 is 2.82 bits per heavy atom. The molecule has 1 fully saturated rings. The molecule has 0 aromatic heterocycles. The maximum absolute atomic E-state index is 10.3. The number of hydrogen-bond donors (Lipinski definition) is 1. The van der Waals surface area contributed by atoms with E-state index in [0.29, 0.717) is 0 Å². The Bertz CT molecular complexity index is 145. The Labute approximate surface area is 73.9 Å². The molecule has 2 atom stereocenters. The van der Waals surface area contributed by atoms with Crippen LogP contribution in [0.2, 0.25) is 0 Å². The van der Waals surface area contributed by atoms with Crippen LogP contribution in [0.3, 0.4) is 0 Å². The Morgan fingerprint density at radius 2 is 2.45 bits per heavy atom. The summed E-state index contributed by atoms with van der Waals surface area (Å²) in [7, 11) is 0. The van der Waals surface area contributed by atoms with Gasteiger partial charge in [-0.3, -0.25) is 4.79 Å². The minimum absolute atomic E-state index is 0.201. The number of halogens is 1. The zero-order valence-corrected chi connectivity index (χ0v) is 7.71. The number of rotatable bonds is 5. The summed E-state index contributed by atoms with van der Waals surface area (Å²) in [6.07, 6.45) is 1.33. The average molecular weight is 223 g/mol. The van der Waals surface area contributed by atoms with Crippen LogP contribution < -0.4 is 0 Å². The number of carboxylic acid groups (broad SMARTS) is 1. The van der Waals surface area contributed by atoms with Crippen LogP contribution in [-0.2, 0) is 9.53 Å². The van der Waals surface area contributed by atoms with Crippen molar-refractivity contribution in [1.82, 2.24) is 0 Å². The first-order valence-electron chi connectivity index (χ1n) is 3.63. The molecule has 64 valence electrons. The van der Waals surface area contributed by atoms with Crippen molar-refractivity contribution in [2.24, 2.45) is 5.92 Å². The van der Waals surface area contributed by atoms with E-state index in [-0.39, 0.29) is 18.4 Å². The van der Waals surface area contributed by atoms with Gasteiger partial charge in [0.15, 0.2) is 0 Å². The van der Waals surface area contributed by atoms with Crippen molar-refractivity contribution in [3.05, 3.63) is 0 Å². The van der Waals surface area contributed by atoms with Gasteiger partial charge < -0.3 is 9.84 Å². The molecule has 11 heavy (non-hydrogen) atoms. The van der Waals surface area contributed by atoms with Crippen molar-refractivity contribution in [2.75, 3.05) is 11.9 Å². The fraction of sp³-hybridized carbons (Fsp3) is 0.857. The summed E-state index contributed by atoms with van der Waals surface area (Å²) in [5, 5.41) is 9.37. The smallest absolute Gasteiger partial charge is 0.303 e. The molecule has 1 aliphatic rings. The number of carboxylic acids is 1. The SMILES string of the molecule is O=C(O)CC(CCBr)C1CO1. The van der Waals surface area contributed by atoms with Crippen LogP contribution in [0.15, 0.2) is 0 Å². The second kappa shape index (κ2) is 4.07. The Kier molecular flexibility index (Phi) is 3.33. The molecule has 1 heterocycles. The normalized spacial score (nSPS) is 24.6. The van der Waals surface area contributed by atoms with Gasteiger partial charge in [-0.15, -0.1) is 0 Å². The second-order valence-electron chi connectivity index (χ2n) is 2.71. The number of alkyl halides is 1. The average Bonchev–Trinajstić information content (AvgIpc) is 2.66. The molecule has 0 saturated carbocycles. The van der Waals surface area contributed by atoms with Crippen LogP contribution in [0.5, 0.6) is 0 Å². The number of hydrogen-bond acceptors (Lipinski definition) is 2. The van der Waals surface area contributed by atoms with Gasteiger partial charge in [0.25, 0.3) is 0 Å². The van der Waals surface area contributed by atoms with Crippen LogP contribution in [0.4, 0.5) is 0 Å². The predicted molar refractivity (Wildman–Crippen MR) is 43.9 cm³/mol. The maximum atomic E-state index is 10.3. The molecule has 0 aliphatic carbocycles. The first kappa shape index (κ1) is 9.00. The molecular formula is C7H11BrO3. The molecule has 0 bridgehead atoms. The van der Waals surface area contributed by atoms with Gasteiger partial charge in [-0.2, -0.15) is 0 Å². The first-order valence-corrected chi connectivity index (χ1v) is 4.75. The lowest BCUT2D eigenvalue weighted by molar-refractivity contribution is -0.138. The van der Waals surface area contributed by atoms with E-state index < -0.39 is 5.97 Å². The highest BCUT2D eigenvalue weighted by Crippen LogP contribution is 2.26. The van der Waals surface area contributed by atoms with E-state index in [0.717, 1.165) is 18.4 Å². The van der Waals surface area contributed by atoms with Crippen molar-refractivity contribution in [2.45, 2.75) is 18.9 Å². The van der Waals surface area contributed by atoms with E-state index in [9.17, 15) is 4.79 Å². The van der Waals surface area contributed by atoms with Gasteiger partial charge in [-0.1, -0.05) is 15.9 Å². The lowest BCUT2D eigenvalue weighted by atomic mass is 9.99.